The van der Waals surface area contributed by atoms with E-state index in [0.29, 0.717) is 6.10 Å². The van der Waals surface area contributed by atoms with Crippen molar-refractivity contribution in [1.29, 1.82) is 0 Å². The lowest BCUT2D eigenvalue weighted by Gasteiger charge is -2.02. The van der Waals surface area contributed by atoms with Crippen molar-refractivity contribution in [3.63, 3.8) is 0 Å². The summed E-state index contributed by atoms with van der Waals surface area (Å²) in [5.41, 5.74) is 0. The minimum absolute atomic E-state index is 0.565. The normalized spacial score (nSPS) is 45.0. The first-order valence-corrected chi connectivity index (χ1v) is 3.29. The van der Waals surface area contributed by atoms with Gasteiger partial charge < -0.3 is 10.1 Å². The van der Waals surface area contributed by atoms with Gasteiger partial charge in [-0.05, 0) is 6.42 Å². The van der Waals surface area contributed by atoms with Crippen LogP contribution < -0.4 is 5.32 Å². The largest absolute Gasteiger partial charge is 0.377 e. The Morgan fingerprint density at radius 2 is 2.38 bits per heavy atom. The van der Waals surface area contributed by atoms with Crippen molar-refractivity contribution in [3.8, 4) is 0 Å². The highest BCUT2D eigenvalue weighted by Crippen LogP contribution is 2.22. The SMILES string of the molecule is C1C[C@H]2CNC[C@H]2O1. The van der Waals surface area contributed by atoms with Crippen LogP contribution in [-0.2, 0) is 4.74 Å². The molecule has 2 nitrogen and oxygen atoms in total. The van der Waals surface area contributed by atoms with Crippen LogP contribution in [0.2, 0.25) is 0 Å². The molecule has 2 fully saturated rings. The molecule has 0 aliphatic carbocycles. The zero-order valence-corrected chi connectivity index (χ0v) is 4.89. The molecule has 0 aromatic rings. The highest BCUT2D eigenvalue weighted by atomic mass is 16.5. The zero-order chi connectivity index (χ0) is 5.40. The van der Waals surface area contributed by atoms with Crippen LogP contribution in [0.5, 0.6) is 0 Å². The summed E-state index contributed by atoms with van der Waals surface area (Å²) in [6.45, 7) is 3.27. The fourth-order valence-corrected chi connectivity index (χ4v) is 1.56. The van der Waals surface area contributed by atoms with Gasteiger partial charge in [-0.2, -0.15) is 0 Å². The molecule has 0 bridgehead atoms. The quantitative estimate of drug-likeness (QED) is 0.477. The Labute approximate surface area is 49.2 Å². The third-order valence-electron chi connectivity index (χ3n) is 2.10. The van der Waals surface area contributed by atoms with Gasteiger partial charge in [0.25, 0.3) is 0 Å². The molecular formula is C6H11NO. The van der Waals surface area contributed by atoms with Crippen LogP contribution in [-0.4, -0.2) is 25.8 Å². The van der Waals surface area contributed by atoms with E-state index in [0.717, 1.165) is 19.1 Å². The minimum atomic E-state index is 0.565. The number of ether oxygens (including phenoxy) is 1. The second-order valence-corrected chi connectivity index (χ2v) is 2.62. The molecule has 0 saturated carbocycles. The van der Waals surface area contributed by atoms with E-state index in [1.54, 1.807) is 0 Å². The van der Waals surface area contributed by atoms with E-state index in [1.807, 2.05) is 0 Å². The van der Waals surface area contributed by atoms with Crippen molar-refractivity contribution < 1.29 is 4.74 Å². The molecular weight excluding hydrogens is 102 g/mol. The second-order valence-electron chi connectivity index (χ2n) is 2.62. The minimum Gasteiger partial charge on any atom is -0.377 e. The van der Waals surface area contributed by atoms with Crippen molar-refractivity contribution in [2.24, 2.45) is 5.92 Å². The van der Waals surface area contributed by atoms with Gasteiger partial charge in [-0.3, -0.25) is 0 Å². The summed E-state index contributed by atoms with van der Waals surface area (Å²) in [6.07, 6.45) is 1.84. The lowest BCUT2D eigenvalue weighted by atomic mass is 10.1. The van der Waals surface area contributed by atoms with E-state index in [1.165, 1.54) is 13.0 Å². The van der Waals surface area contributed by atoms with Crippen molar-refractivity contribution in [3.05, 3.63) is 0 Å². The van der Waals surface area contributed by atoms with Gasteiger partial charge in [0, 0.05) is 25.6 Å². The Morgan fingerprint density at radius 3 is 3.25 bits per heavy atom. The highest BCUT2D eigenvalue weighted by molar-refractivity contribution is 4.85. The van der Waals surface area contributed by atoms with E-state index in [2.05, 4.69) is 5.32 Å². The van der Waals surface area contributed by atoms with Crippen LogP contribution in [0.3, 0.4) is 0 Å². The third-order valence-corrected chi connectivity index (χ3v) is 2.10. The Bertz CT molecular complexity index is 74.5. The predicted molar refractivity (Wildman–Crippen MR) is 30.7 cm³/mol. The summed E-state index contributed by atoms with van der Waals surface area (Å²) in [5.74, 6) is 0.843. The monoisotopic (exact) mass is 113 g/mol. The molecule has 2 aliphatic rings. The number of hydrogen-bond donors (Lipinski definition) is 1. The van der Waals surface area contributed by atoms with Crippen LogP contribution in [0.4, 0.5) is 0 Å². The van der Waals surface area contributed by atoms with Gasteiger partial charge in [0.15, 0.2) is 0 Å². The molecule has 2 aliphatic heterocycles. The van der Waals surface area contributed by atoms with Crippen LogP contribution >= 0.6 is 0 Å². The van der Waals surface area contributed by atoms with Gasteiger partial charge in [-0.1, -0.05) is 0 Å². The molecule has 0 amide bonds. The van der Waals surface area contributed by atoms with Crippen LogP contribution in [0, 0.1) is 5.92 Å². The number of hydrogen-bond acceptors (Lipinski definition) is 2. The summed E-state index contributed by atoms with van der Waals surface area (Å²) >= 11 is 0. The summed E-state index contributed by atoms with van der Waals surface area (Å²) in [5, 5.41) is 3.30. The average Bonchev–Trinajstić information content (AvgIpc) is 2.15. The van der Waals surface area contributed by atoms with Gasteiger partial charge in [0.2, 0.25) is 0 Å². The van der Waals surface area contributed by atoms with Crippen molar-refractivity contribution >= 4 is 0 Å². The molecule has 2 rings (SSSR count). The molecule has 0 aromatic heterocycles. The van der Waals surface area contributed by atoms with Gasteiger partial charge in [-0.15, -0.1) is 0 Å². The first kappa shape index (κ1) is 4.77. The first-order valence-electron chi connectivity index (χ1n) is 3.29. The Morgan fingerprint density at radius 1 is 1.38 bits per heavy atom. The van der Waals surface area contributed by atoms with Crippen LogP contribution in [0.1, 0.15) is 6.42 Å². The molecule has 1 N–H and O–H groups in total. The third kappa shape index (κ3) is 0.565. The Balaban J connectivity index is 2.04. The van der Waals surface area contributed by atoms with Gasteiger partial charge in [-0.25, -0.2) is 0 Å². The number of rotatable bonds is 0. The molecule has 46 valence electrons. The predicted octanol–water partition coefficient (Wildman–Crippen LogP) is -0.00530. The van der Waals surface area contributed by atoms with E-state index < -0.39 is 0 Å². The van der Waals surface area contributed by atoms with E-state index in [4.69, 9.17) is 4.74 Å². The zero-order valence-electron chi connectivity index (χ0n) is 4.89. The van der Waals surface area contributed by atoms with Crippen molar-refractivity contribution in [2.75, 3.05) is 19.7 Å². The summed E-state index contributed by atoms with van der Waals surface area (Å²) < 4.78 is 5.41. The molecule has 0 unspecified atom stereocenters. The maximum atomic E-state index is 5.41. The molecule has 0 spiro atoms. The Hall–Kier alpha value is -0.0800. The molecule has 0 aromatic carbocycles. The Kier molecular flexibility index (Phi) is 1.02. The first-order chi connectivity index (χ1) is 3.97. The fraction of sp³-hybridized carbons (Fsp3) is 1.00. The van der Waals surface area contributed by atoms with Crippen molar-refractivity contribution in [1.82, 2.24) is 5.32 Å². The summed E-state index contributed by atoms with van der Waals surface area (Å²) in [6, 6.07) is 0. The number of nitrogens with one attached hydrogen (secondary N) is 1. The second kappa shape index (κ2) is 1.71. The van der Waals surface area contributed by atoms with E-state index in [9.17, 15) is 0 Å². The topological polar surface area (TPSA) is 21.3 Å². The molecule has 2 heterocycles. The smallest absolute Gasteiger partial charge is 0.0740 e. The maximum absolute atomic E-state index is 5.41. The highest BCUT2D eigenvalue weighted by Gasteiger charge is 2.31. The van der Waals surface area contributed by atoms with E-state index in [-0.39, 0.29) is 0 Å². The maximum Gasteiger partial charge on any atom is 0.0740 e. The standard InChI is InChI=1S/C6H11NO/c1-2-8-6-4-7-3-5(1)6/h5-7H,1-4H2/t5-,6+/m0/s1. The molecule has 2 saturated heterocycles. The molecule has 8 heavy (non-hydrogen) atoms. The van der Waals surface area contributed by atoms with Crippen LogP contribution in [0.15, 0.2) is 0 Å². The lowest BCUT2D eigenvalue weighted by Crippen LogP contribution is -2.14. The van der Waals surface area contributed by atoms with Gasteiger partial charge >= 0.3 is 0 Å². The van der Waals surface area contributed by atoms with Crippen LogP contribution in [0.25, 0.3) is 0 Å². The summed E-state index contributed by atoms with van der Waals surface area (Å²) in [4.78, 5) is 0. The summed E-state index contributed by atoms with van der Waals surface area (Å²) in [7, 11) is 0. The van der Waals surface area contributed by atoms with Gasteiger partial charge in [0.05, 0.1) is 6.10 Å². The van der Waals surface area contributed by atoms with Crippen molar-refractivity contribution in [2.45, 2.75) is 12.5 Å². The average molecular weight is 113 g/mol. The van der Waals surface area contributed by atoms with Gasteiger partial charge in [0.1, 0.15) is 0 Å². The van der Waals surface area contributed by atoms with E-state index >= 15 is 0 Å². The molecule has 2 heteroatoms. The fourth-order valence-electron chi connectivity index (χ4n) is 1.56. The molecule has 2 atom stereocenters. The molecule has 0 radical (unpaired) electrons. The lowest BCUT2D eigenvalue weighted by molar-refractivity contribution is 0.112. The number of fused-ring (bicyclic) bond motifs is 1.